The molecule has 0 atom stereocenters. The van der Waals surface area contributed by atoms with Crippen molar-refractivity contribution in [3.63, 3.8) is 0 Å². The maximum absolute atomic E-state index is 14.7. The van der Waals surface area contributed by atoms with Crippen LogP contribution in [0.15, 0.2) is 30.3 Å². The molecule has 0 bridgehead atoms. The summed E-state index contributed by atoms with van der Waals surface area (Å²) in [6.45, 7) is 7.76. The molecule has 9 nitrogen and oxygen atoms in total. The first-order valence-corrected chi connectivity index (χ1v) is 11.3. The van der Waals surface area contributed by atoms with E-state index in [0.717, 1.165) is 47.9 Å². The van der Waals surface area contributed by atoms with Crippen molar-refractivity contribution < 1.29 is 13.9 Å². The van der Waals surface area contributed by atoms with Crippen LogP contribution >= 0.6 is 0 Å². The van der Waals surface area contributed by atoms with Gasteiger partial charge in [-0.2, -0.15) is 5.10 Å². The van der Waals surface area contributed by atoms with Crippen molar-refractivity contribution in [2.45, 2.75) is 26.8 Å². The Morgan fingerprint density at radius 3 is 2.65 bits per heavy atom. The molecule has 0 unspecified atom stereocenters. The quantitative estimate of drug-likeness (QED) is 0.432. The molecule has 0 aliphatic carbocycles. The van der Waals surface area contributed by atoms with Gasteiger partial charge in [0.1, 0.15) is 11.6 Å². The summed E-state index contributed by atoms with van der Waals surface area (Å²) >= 11 is 0. The highest BCUT2D eigenvalue weighted by molar-refractivity contribution is 5.59. The minimum absolute atomic E-state index is 0.316. The summed E-state index contributed by atoms with van der Waals surface area (Å²) in [5, 5.41) is 15.3. The Morgan fingerprint density at radius 1 is 1.12 bits per heavy atom. The van der Waals surface area contributed by atoms with Gasteiger partial charge in [0.25, 0.3) is 0 Å². The summed E-state index contributed by atoms with van der Waals surface area (Å²) in [5.74, 6) is 1.50. The number of fused-ring (bicyclic) bond motifs is 1. The first kappa shape index (κ1) is 22.3. The number of aryl methyl sites for hydroxylation is 2. The van der Waals surface area contributed by atoms with Gasteiger partial charge in [0.15, 0.2) is 17.3 Å². The molecule has 34 heavy (non-hydrogen) atoms. The number of benzene rings is 1. The summed E-state index contributed by atoms with van der Waals surface area (Å²) in [6, 6.07) is 8.84. The standard InChI is InChI=1S/C24H28FN7O2/c1-15-10-22(29-28-15)27-23-12-18(14-31-6-8-34-9-7-31)24-26-16(2)21(32(24)30-23)11-17-4-5-19(33-3)13-20(17)25/h4-5,10,12-13H,6-9,11,14H2,1-3H3,(H2,27,28,29,30). The Hall–Kier alpha value is -3.50. The number of aromatic nitrogens is 5. The van der Waals surface area contributed by atoms with Crippen molar-refractivity contribution >= 4 is 17.3 Å². The predicted molar refractivity (Wildman–Crippen MR) is 126 cm³/mol. The minimum atomic E-state index is -0.316. The first-order chi connectivity index (χ1) is 16.5. The molecule has 1 aromatic carbocycles. The largest absolute Gasteiger partial charge is 0.497 e. The summed E-state index contributed by atoms with van der Waals surface area (Å²) < 4.78 is 27.2. The van der Waals surface area contributed by atoms with Crippen LogP contribution in [0.3, 0.4) is 0 Å². The topological polar surface area (TPSA) is 92.6 Å². The van der Waals surface area contributed by atoms with Crippen LogP contribution in [0.25, 0.3) is 5.65 Å². The molecule has 10 heteroatoms. The molecular weight excluding hydrogens is 437 g/mol. The van der Waals surface area contributed by atoms with Gasteiger partial charge < -0.3 is 14.8 Å². The van der Waals surface area contributed by atoms with Gasteiger partial charge in [0, 0.05) is 49.4 Å². The molecule has 2 N–H and O–H groups in total. The number of hydrogen-bond acceptors (Lipinski definition) is 7. The van der Waals surface area contributed by atoms with Crippen LogP contribution in [-0.2, 0) is 17.7 Å². The normalized spacial score (nSPS) is 14.6. The van der Waals surface area contributed by atoms with Crippen molar-refractivity contribution in [2.75, 3.05) is 38.7 Å². The third-order valence-electron chi connectivity index (χ3n) is 6.03. The number of ether oxygens (including phenoxy) is 2. The van der Waals surface area contributed by atoms with Crippen molar-refractivity contribution in [2.24, 2.45) is 0 Å². The number of methoxy groups -OCH3 is 1. The van der Waals surface area contributed by atoms with E-state index in [0.29, 0.717) is 42.6 Å². The molecule has 1 saturated heterocycles. The van der Waals surface area contributed by atoms with Crippen LogP contribution in [0.2, 0.25) is 0 Å². The zero-order valence-electron chi connectivity index (χ0n) is 19.6. The molecule has 5 rings (SSSR count). The number of nitrogens with one attached hydrogen (secondary N) is 2. The predicted octanol–water partition coefficient (Wildman–Crippen LogP) is 3.38. The molecule has 178 valence electrons. The average Bonchev–Trinajstić information content (AvgIpc) is 3.38. The van der Waals surface area contributed by atoms with Crippen LogP contribution in [-0.4, -0.2) is 63.1 Å². The lowest BCUT2D eigenvalue weighted by atomic mass is 10.1. The van der Waals surface area contributed by atoms with Gasteiger partial charge in [0.05, 0.1) is 31.7 Å². The second-order valence-electron chi connectivity index (χ2n) is 8.52. The highest BCUT2D eigenvalue weighted by atomic mass is 19.1. The highest BCUT2D eigenvalue weighted by Crippen LogP contribution is 2.25. The van der Waals surface area contributed by atoms with E-state index in [1.54, 1.807) is 12.1 Å². The number of nitrogens with zero attached hydrogens (tertiary/aromatic N) is 5. The van der Waals surface area contributed by atoms with Gasteiger partial charge in [-0.25, -0.2) is 13.9 Å². The molecule has 1 aliphatic rings. The smallest absolute Gasteiger partial charge is 0.158 e. The minimum Gasteiger partial charge on any atom is -0.497 e. The second kappa shape index (κ2) is 9.40. The van der Waals surface area contributed by atoms with Gasteiger partial charge >= 0.3 is 0 Å². The van der Waals surface area contributed by atoms with Crippen molar-refractivity contribution in [1.82, 2.24) is 29.7 Å². The average molecular weight is 466 g/mol. The number of imidazole rings is 1. The third-order valence-corrected chi connectivity index (χ3v) is 6.03. The van der Waals surface area contributed by atoms with Gasteiger partial charge in [-0.3, -0.25) is 10.00 Å². The number of halogens is 1. The van der Waals surface area contributed by atoms with E-state index in [1.165, 1.54) is 13.2 Å². The van der Waals surface area contributed by atoms with Crippen molar-refractivity contribution in [3.05, 3.63) is 64.4 Å². The zero-order chi connectivity index (χ0) is 23.7. The van der Waals surface area contributed by atoms with Crippen LogP contribution in [0.1, 0.15) is 28.2 Å². The van der Waals surface area contributed by atoms with E-state index < -0.39 is 0 Å². The van der Waals surface area contributed by atoms with Crippen LogP contribution in [0.4, 0.5) is 16.0 Å². The first-order valence-electron chi connectivity index (χ1n) is 11.3. The molecule has 0 amide bonds. The van der Waals surface area contributed by atoms with E-state index >= 15 is 0 Å². The summed E-state index contributed by atoms with van der Waals surface area (Å²) in [4.78, 5) is 7.18. The Balaban J connectivity index is 1.56. The lowest BCUT2D eigenvalue weighted by molar-refractivity contribution is 0.0343. The van der Waals surface area contributed by atoms with Gasteiger partial charge in [0.2, 0.25) is 0 Å². The Labute approximate surface area is 196 Å². The number of H-pyrrole nitrogens is 1. The van der Waals surface area contributed by atoms with Crippen molar-refractivity contribution in [1.29, 1.82) is 0 Å². The fourth-order valence-electron chi connectivity index (χ4n) is 4.21. The van der Waals surface area contributed by atoms with Gasteiger partial charge in [-0.15, -0.1) is 5.10 Å². The second-order valence-corrected chi connectivity index (χ2v) is 8.52. The maximum atomic E-state index is 14.7. The van der Waals surface area contributed by atoms with E-state index in [9.17, 15) is 4.39 Å². The summed E-state index contributed by atoms with van der Waals surface area (Å²) in [6.07, 6.45) is 0.359. The van der Waals surface area contributed by atoms with Crippen molar-refractivity contribution in [3.8, 4) is 5.75 Å². The molecule has 0 radical (unpaired) electrons. The zero-order valence-corrected chi connectivity index (χ0v) is 19.6. The fourth-order valence-corrected chi connectivity index (χ4v) is 4.21. The molecule has 0 spiro atoms. The Kier molecular flexibility index (Phi) is 6.16. The van der Waals surface area contributed by atoms with Crippen LogP contribution in [0.5, 0.6) is 5.75 Å². The van der Waals surface area contributed by atoms with E-state index in [1.807, 2.05) is 30.5 Å². The number of rotatable bonds is 7. The molecule has 1 aliphatic heterocycles. The third kappa shape index (κ3) is 4.59. The molecule has 3 aromatic heterocycles. The molecule has 0 saturated carbocycles. The Bertz CT molecular complexity index is 1310. The number of aromatic amines is 1. The lowest BCUT2D eigenvalue weighted by Crippen LogP contribution is -2.35. The lowest BCUT2D eigenvalue weighted by Gasteiger charge is -2.26. The highest BCUT2D eigenvalue weighted by Gasteiger charge is 2.20. The number of morpholine rings is 1. The van der Waals surface area contributed by atoms with E-state index in [4.69, 9.17) is 19.6 Å². The molecular formula is C24H28FN7O2. The maximum Gasteiger partial charge on any atom is 0.158 e. The SMILES string of the molecule is COc1ccc(Cc2c(C)nc3c(CN4CCOCC4)cc(Nc4cc(C)[nH]n4)nn23)c(F)c1. The Morgan fingerprint density at radius 2 is 1.94 bits per heavy atom. The van der Waals surface area contributed by atoms with Crippen LogP contribution in [0, 0.1) is 19.7 Å². The fraction of sp³-hybridized carbons (Fsp3) is 0.375. The van der Waals surface area contributed by atoms with E-state index in [2.05, 4.69) is 20.4 Å². The van der Waals surface area contributed by atoms with Gasteiger partial charge in [-0.1, -0.05) is 6.07 Å². The van der Waals surface area contributed by atoms with E-state index in [-0.39, 0.29) is 5.82 Å². The van der Waals surface area contributed by atoms with Crippen LogP contribution < -0.4 is 10.1 Å². The van der Waals surface area contributed by atoms with Gasteiger partial charge in [-0.05, 0) is 31.5 Å². The summed E-state index contributed by atoms with van der Waals surface area (Å²) in [5.41, 5.74) is 4.98. The molecule has 1 fully saturated rings. The number of anilines is 2. The number of hydrogen-bond donors (Lipinski definition) is 2. The molecule has 4 heterocycles. The summed E-state index contributed by atoms with van der Waals surface area (Å²) in [7, 11) is 1.53. The molecule has 4 aromatic rings. The monoisotopic (exact) mass is 465 g/mol.